The van der Waals surface area contributed by atoms with E-state index in [2.05, 4.69) is 45.9 Å². The molecule has 0 saturated carbocycles. The lowest BCUT2D eigenvalue weighted by molar-refractivity contribution is 0.411. The van der Waals surface area contributed by atoms with Crippen LogP contribution in [-0.2, 0) is 0 Å². The summed E-state index contributed by atoms with van der Waals surface area (Å²) in [6.07, 6.45) is 0. The monoisotopic (exact) mass is 302 g/mol. The normalized spacial score (nSPS) is 12.3. The molecule has 0 aliphatic rings. The van der Waals surface area contributed by atoms with Gasteiger partial charge >= 0.3 is 0 Å². The minimum Gasteiger partial charge on any atom is -0.496 e. The van der Waals surface area contributed by atoms with Gasteiger partial charge in [-0.2, -0.15) is 0 Å². The summed E-state index contributed by atoms with van der Waals surface area (Å²) in [7, 11) is 1.70. The maximum atomic E-state index is 6.81. The molecular weight excluding hydrogens is 280 g/mol. The van der Waals surface area contributed by atoms with Gasteiger partial charge in [0.1, 0.15) is 5.75 Å². The summed E-state index contributed by atoms with van der Waals surface area (Å²) in [5.74, 6) is 0.887. The quantitative estimate of drug-likeness (QED) is 0.674. The number of halogens is 1. The highest BCUT2D eigenvalue weighted by Crippen LogP contribution is 2.37. The van der Waals surface area contributed by atoms with Crippen LogP contribution in [0, 0.1) is 34.6 Å². The highest BCUT2D eigenvalue weighted by Gasteiger charge is 2.19. The van der Waals surface area contributed by atoms with E-state index >= 15 is 0 Å². The average molecular weight is 303 g/mol. The minimum atomic E-state index is -0.155. The zero-order valence-corrected chi connectivity index (χ0v) is 14.4. The molecule has 0 fully saturated rings. The van der Waals surface area contributed by atoms with Crippen LogP contribution in [0.3, 0.4) is 0 Å². The first-order chi connectivity index (χ1) is 9.86. The summed E-state index contributed by atoms with van der Waals surface area (Å²) in [4.78, 5) is 0. The van der Waals surface area contributed by atoms with Crippen molar-refractivity contribution in [3.8, 4) is 5.75 Å². The number of benzene rings is 2. The predicted molar refractivity (Wildman–Crippen MR) is 90.8 cm³/mol. The van der Waals surface area contributed by atoms with Crippen molar-refractivity contribution >= 4 is 11.6 Å². The summed E-state index contributed by atoms with van der Waals surface area (Å²) in [6.45, 7) is 10.6. The average Bonchev–Trinajstić information content (AvgIpc) is 2.45. The van der Waals surface area contributed by atoms with Crippen LogP contribution in [0.4, 0.5) is 0 Å². The molecule has 1 nitrogen and oxygen atoms in total. The molecular formula is C19H23ClO. The van der Waals surface area contributed by atoms with Crippen molar-refractivity contribution in [1.29, 1.82) is 0 Å². The van der Waals surface area contributed by atoms with Gasteiger partial charge in [-0.3, -0.25) is 0 Å². The Morgan fingerprint density at radius 3 is 1.95 bits per heavy atom. The highest BCUT2D eigenvalue weighted by molar-refractivity contribution is 6.22. The molecule has 21 heavy (non-hydrogen) atoms. The summed E-state index contributed by atoms with van der Waals surface area (Å²) in [6, 6.07) is 8.43. The van der Waals surface area contributed by atoms with Gasteiger partial charge in [-0.05, 0) is 79.6 Å². The second-order valence-corrected chi connectivity index (χ2v) is 6.20. The molecule has 0 N–H and O–H groups in total. The lowest BCUT2D eigenvalue weighted by Gasteiger charge is -2.20. The fourth-order valence-electron chi connectivity index (χ4n) is 2.79. The number of methoxy groups -OCH3 is 1. The van der Waals surface area contributed by atoms with Gasteiger partial charge in [-0.1, -0.05) is 18.2 Å². The van der Waals surface area contributed by atoms with E-state index in [0.717, 1.165) is 16.9 Å². The Hall–Kier alpha value is -1.47. The maximum absolute atomic E-state index is 6.81. The Kier molecular flexibility index (Phi) is 4.63. The van der Waals surface area contributed by atoms with Crippen LogP contribution in [0.5, 0.6) is 5.75 Å². The Balaban J connectivity index is 2.57. The molecule has 2 aromatic rings. The van der Waals surface area contributed by atoms with Crippen molar-refractivity contribution in [3.63, 3.8) is 0 Å². The zero-order valence-electron chi connectivity index (χ0n) is 13.7. The summed E-state index contributed by atoms with van der Waals surface area (Å²) >= 11 is 6.81. The number of hydrogen-bond donors (Lipinski definition) is 0. The molecule has 0 amide bonds. The Labute approximate surface area is 132 Å². The van der Waals surface area contributed by atoms with Crippen molar-refractivity contribution in [1.82, 2.24) is 0 Å². The van der Waals surface area contributed by atoms with Gasteiger partial charge in [0.15, 0.2) is 0 Å². The molecule has 112 valence electrons. The molecule has 0 saturated heterocycles. The number of aryl methyl sites for hydroxylation is 3. The molecule has 2 rings (SSSR count). The van der Waals surface area contributed by atoms with E-state index in [9.17, 15) is 0 Å². The maximum Gasteiger partial charge on any atom is 0.122 e. The molecule has 0 aliphatic carbocycles. The Morgan fingerprint density at radius 2 is 1.43 bits per heavy atom. The zero-order chi connectivity index (χ0) is 15.7. The lowest BCUT2D eigenvalue weighted by atomic mass is 9.89. The van der Waals surface area contributed by atoms with Crippen LogP contribution in [0.15, 0.2) is 24.3 Å². The molecule has 0 bridgehead atoms. The third kappa shape index (κ3) is 2.94. The molecule has 0 aliphatic heterocycles. The van der Waals surface area contributed by atoms with Gasteiger partial charge in [0.25, 0.3) is 0 Å². The van der Waals surface area contributed by atoms with Crippen LogP contribution < -0.4 is 4.74 Å². The topological polar surface area (TPSA) is 9.23 Å². The van der Waals surface area contributed by atoms with Gasteiger partial charge in [0.05, 0.1) is 12.5 Å². The number of ether oxygens (including phenoxy) is 1. The van der Waals surface area contributed by atoms with E-state index in [0.29, 0.717) is 0 Å². The lowest BCUT2D eigenvalue weighted by Crippen LogP contribution is -2.04. The first-order valence-electron chi connectivity index (χ1n) is 7.22. The minimum absolute atomic E-state index is 0.155. The third-order valence-electron chi connectivity index (χ3n) is 4.40. The smallest absolute Gasteiger partial charge is 0.122 e. The van der Waals surface area contributed by atoms with Crippen molar-refractivity contribution < 1.29 is 4.74 Å². The van der Waals surface area contributed by atoms with Gasteiger partial charge in [0.2, 0.25) is 0 Å². The Morgan fingerprint density at radius 1 is 0.857 bits per heavy atom. The van der Waals surface area contributed by atoms with Gasteiger partial charge in [-0.15, -0.1) is 11.6 Å². The van der Waals surface area contributed by atoms with E-state index in [4.69, 9.17) is 16.3 Å². The van der Waals surface area contributed by atoms with E-state index in [1.807, 2.05) is 13.0 Å². The SMILES string of the molecule is COc1cc(C(Cl)c2c(C)c(C)cc(C)c2C)ccc1C. The number of rotatable bonds is 3. The standard InChI is InChI=1S/C19H23ClO/c1-11-7-8-16(10-17(11)21-6)19(20)18-14(4)12(2)9-13(3)15(18)5/h7-10,19H,1-6H3. The van der Waals surface area contributed by atoms with Crippen LogP contribution in [0.1, 0.15) is 44.3 Å². The molecule has 1 unspecified atom stereocenters. The molecule has 0 spiro atoms. The van der Waals surface area contributed by atoms with Crippen molar-refractivity contribution in [2.75, 3.05) is 7.11 Å². The number of alkyl halides is 1. The van der Waals surface area contributed by atoms with Crippen molar-refractivity contribution in [2.45, 2.75) is 40.0 Å². The van der Waals surface area contributed by atoms with Crippen LogP contribution in [-0.4, -0.2) is 7.11 Å². The van der Waals surface area contributed by atoms with Crippen LogP contribution >= 0.6 is 11.6 Å². The van der Waals surface area contributed by atoms with Gasteiger partial charge in [-0.25, -0.2) is 0 Å². The summed E-state index contributed by atoms with van der Waals surface area (Å²) in [5.41, 5.74) is 8.56. The second-order valence-electron chi connectivity index (χ2n) is 5.77. The molecule has 0 heterocycles. The van der Waals surface area contributed by atoms with E-state index in [-0.39, 0.29) is 5.38 Å². The predicted octanol–water partition coefficient (Wildman–Crippen LogP) is 5.57. The fraction of sp³-hybridized carbons (Fsp3) is 0.368. The first kappa shape index (κ1) is 15.9. The van der Waals surface area contributed by atoms with Crippen LogP contribution in [0.25, 0.3) is 0 Å². The third-order valence-corrected chi connectivity index (χ3v) is 4.87. The van der Waals surface area contributed by atoms with E-state index in [1.165, 1.54) is 27.8 Å². The van der Waals surface area contributed by atoms with Gasteiger partial charge in [0, 0.05) is 0 Å². The second kappa shape index (κ2) is 6.11. The largest absolute Gasteiger partial charge is 0.496 e. The molecule has 0 aromatic heterocycles. The van der Waals surface area contributed by atoms with Crippen molar-refractivity contribution in [3.05, 3.63) is 63.2 Å². The fourth-order valence-corrected chi connectivity index (χ4v) is 3.25. The van der Waals surface area contributed by atoms with Crippen molar-refractivity contribution in [2.24, 2.45) is 0 Å². The first-order valence-corrected chi connectivity index (χ1v) is 7.66. The van der Waals surface area contributed by atoms with E-state index < -0.39 is 0 Å². The van der Waals surface area contributed by atoms with E-state index in [1.54, 1.807) is 7.11 Å². The van der Waals surface area contributed by atoms with Gasteiger partial charge < -0.3 is 4.74 Å². The molecule has 2 aromatic carbocycles. The molecule has 2 heteroatoms. The highest BCUT2D eigenvalue weighted by atomic mass is 35.5. The summed E-state index contributed by atoms with van der Waals surface area (Å²) < 4.78 is 5.42. The molecule has 1 atom stereocenters. The number of hydrogen-bond acceptors (Lipinski definition) is 1. The Bertz CT molecular complexity index is 648. The van der Waals surface area contributed by atoms with Crippen LogP contribution in [0.2, 0.25) is 0 Å². The molecule has 0 radical (unpaired) electrons. The summed E-state index contributed by atoms with van der Waals surface area (Å²) in [5, 5.41) is -0.155.